The summed E-state index contributed by atoms with van der Waals surface area (Å²) in [7, 11) is 2.99. The number of carbonyl (C=O) groups is 4. The summed E-state index contributed by atoms with van der Waals surface area (Å²) in [5.74, 6) is -10.2. The first kappa shape index (κ1) is 24.8. The molecule has 0 heterocycles. The molecule has 6 unspecified atom stereocenters. The summed E-state index contributed by atoms with van der Waals surface area (Å²) in [5, 5.41) is 44.1. The molecule has 0 saturated heterocycles. The van der Waals surface area contributed by atoms with E-state index < -0.39 is 75.3 Å². The predicted octanol–water partition coefficient (Wildman–Crippen LogP) is -0.576. The van der Waals surface area contributed by atoms with Crippen molar-refractivity contribution in [2.75, 3.05) is 14.1 Å². The van der Waals surface area contributed by atoms with Gasteiger partial charge in [0.15, 0.2) is 23.1 Å². The molecule has 6 N–H and O–H groups in total. The smallest absolute Gasteiger partial charge is 0.235 e. The average Bonchev–Trinajstić information content (AvgIpc) is 2.68. The van der Waals surface area contributed by atoms with E-state index in [2.05, 4.69) is 0 Å². The number of carbonyl (C=O) groups excluding carboxylic acids is 4. The molecule has 6 atom stereocenters. The van der Waals surface area contributed by atoms with Crippen LogP contribution in [0.15, 0.2) is 23.8 Å². The third-order valence-corrected chi connectivity index (χ3v) is 7.16. The number of hydrogen-bond acceptors (Lipinski definition) is 9. The van der Waals surface area contributed by atoms with Gasteiger partial charge in [0.2, 0.25) is 11.7 Å². The Balaban J connectivity index is 0.00000306. The van der Waals surface area contributed by atoms with Gasteiger partial charge in [-0.3, -0.25) is 24.1 Å². The summed E-state index contributed by atoms with van der Waals surface area (Å²) in [6, 6.07) is 2.99. The molecule has 0 spiro atoms. The molecule has 2 saturated carbocycles. The number of aliphatic hydroxyl groups excluding tert-OH is 1. The number of phenols is 1. The summed E-state index contributed by atoms with van der Waals surface area (Å²) < 4.78 is 0. The first-order chi connectivity index (χ1) is 14.8. The van der Waals surface area contributed by atoms with Crippen LogP contribution in [-0.2, 0) is 24.8 Å². The highest BCUT2D eigenvalue weighted by molar-refractivity contribution is 6.32. The second kappa shape index (κ2) is 7.63. The number of fused-ring (bicyclic) bond motifs is 3. The number of phenolic OH excluding ortho intramolecular Hbond substituents is 1. The van der Waals surface area contributed by atoms with Gasteiger partial charge in [0, 0.05) is 17.4 Å². The van der Waals surface area contributed by atoms with Gasteiger partial charge in [-0.15, -0.1) is 12.4 Å². The molecule has 0 bridgehead atoms. The zero-order chi connectivity index (χ0) is 23.9. The molecule has 1 amide bonds. The van der Waals surface area contributed by atoms with Gasteiger partial charge in [0.05, 0.1) is 17.2 Å². The molecule has 3 aliphatic rings. The van der Waals surface area contributed by atoms with E-state index in [4.69, 9.17) is 5.73 Å². The lowest BCUT2D eigenvalue weighted by Gasteiger charge is -2.53. The van der Waals surface area contributed by atoms with Gasteiger partial charge in [0.1, 0.15) is 11.5 Å². The third kappa shape index (κ3) is 2.98. The number of Topliss-reactive ketones (excluding diaryl/α,β-unsaturated/α-hetero) is 3. The maximum Gasteiger partial charge on any atom is 0.235 e. The standard InChI is InChI=1S/C22H24N2O8.ClH/c1-21(31)8-5-4-6-11(25)12(8)16(26)13-9(21)7-10-15(24(2)3)17(27)14(20(23)30)19(29)22(10,32)18(13)28;/h4-6,9-10,14-15,25-26,31-32H,7H2,1-3H3,(H2,23,30);1H. The molecule has 4 rings (SSSR count). The normalized spacial score (nSPS) is 35.5. The Bertz CT molecular complexity index is 1130. The number of rotatable bonds is 2. The average molecular weight is 481 g/mol. The number of aromatic hydroxyl groups is 1. The number of primary amides is 1. The third-order valence-electron chi connectivity index (χ3n) is 7.16. The molecule has 3 aliphatic carbocycles. The Kier molecular flexibility index (Phi) is 5.74. The summed E-state index contributed by atoms with van der Waals surface area (Å²) >= 11 is 0. The van der Waals surface area contributed by atoms with Crippen LogP contribution in [0.1, 0.15) is 24.5 Å². The van der Waals surface area contributed by atoms with Crippen molar-refractivity contribution in [1.82, 2.24) is 4.90 Å². The lowest BCUT2D eigenvalue weighted by atomic mass is 9.52. The van der Waals surface area contributed by atoms with E-state index >= 15 is 0 Å². The minimum absolute atomic E-state index is 0. The zero-order valence-electron chi connectivity index (χ0n) is 18.1. The Morgan fingerprint density at radius 3 is 2.30 bits per heavy atom. The van der Waals surface area contributed by atoms with Crippen LogP contribution in [-0.4, -0.2) is 74.3 Å². The zero-order valence-corrected chi connectivity index (χ0v) is 18.9. The van der Waals surface area contributed by atoms with E-state index in [0.717, 1.165) is 0 Å². The first-order valence-corrected chi connectivity index (χ1v) is 10.1. The van der Waals surface area contributed by atoms with Crippen LogP contribution < -0.4 is 5.73 Å². The molecule has 0 aromatic heterocycles. The van der Waals surface area contributed by atoms with E-state index in [9.17, 15) is 39.6 Å². The number of hydrogen-bond donors (Lipinski definition) is 5. The largest absolute Gasteiger partial charge is 0.507 e. The minimum atomic E-state index is -2.82. The van der Waals surface area contributed by atoms with Crippen molar-refractivity contribution in [2.24, 2.45) is 23.5 Å². The van der Waals surface area contributed by atoms with Gasteiger partial charge in [-0.1, -0.05) is 12.1 Å². The monoisotopic (exact) mass is 480 g/mol. The fourth-order valence-electron chi connectivity index (χ4n) is 5.64. The molecule has 178 valence electrons. The summed E-state index contributed by atoms with van der Waals surface area (Å²) in [4.78, 5) is 53.1. The van der Waals surface area contributed by atoms with Crippen molar-refractivity contribution in [3.8, 4) is 5.75 Å². The van der Waals surface area contributed by atoms with Crippen LogP contribution in [0.25, 0.3) is 5.76 Å². The van der Waals surface area contributed by atoms with Crippen LogP contribution in [0.5, 0.6) is 5.75 Å². The summed E-state index contributed by atoms with van der Waals surface area (Å²) in [6.07, 6.45) is -0.227. The lowest BCUT2D eigenvalue weighted by Crippen LogP contribution is -2.73. The fraction of sp³-hybridized carbons (Fsp3) is 0.455. The van der Waals surface area contributed by atoms with Crippen molar-refractivity contribution in [3.05, 3.63) is 34.9 Å². The Morgan fingerprint density at radius 1 is 1.15 bits per heavy atom. The van der Waals surface area contributed by atoms with Crippen LogP contribution in [0.2, 0.25) is 0 Å². The van der Waals surface area contributed by atoms with Crippen molar-refractivity contribution in [1.29, 1.82) is 0 Å². The number of benzene rings is 1. The predicted molar refractivity (Wildman–Crippen MR) is 116 cm³/mol. The van der Waals surface area contributed by atoms with Crippen molar-refractivity contribution < 1.29 is 39.6 Å². The van der Waals surface area contributed by atoms with Gasteiger partial charge in [0.25, 0.3) is 0 Å². The molecule has 2 fully saturated rings. The number of nitrogens with zero attached hydrogens (tertiary/aromatic N) is 1. The Morgan fingerprint density at radius 2 is 1.76 bits per heavy atom. The summed E-state index contributed by atoms with van der Waals surface area (Å²) in [6.45, 7) is 1.39. The second-order valence-electron chi connectivity index (χ2n) is 9.11. The van der Waals surface area contributed by atoms with Crippen molar-refractivity contribution in [3.63, 3.8) is 0 Å². The van der Waals surface area contributed by atoms with Gasteiger partial charge >= 0.3 is 0 Å². The van der Waals surface area contributed by atoms with Crippen LogP contribution in [0.4, 0.5) is 0 Å². The molecular weight excluding hydrogens is 456 g/mol. The molecule has 0 radical (unpaired) electrons. The molecule has 33 heavy (non-hydrogen) atoms. The minimum Gasteiger partial charge on any atom is -0.507 e. The maximum absolute atomic E-state index is 13.6. The molecular formula is C22H25ClN2O8. The number of halogens is 1. The second-order valence-corrected chi connectivity index (χ2v) is 9.11. The topological polar surface area (TPSA) is 178 Å². The fourth-order valence-corrected chi connectivity index (χ4v) is 5.64. The SMILES string of the molecule is CN(C)C1C(=O)C(C(N)=O)C(=O)C2(O)C(=O)C3=C(O)c4c(O)cccc4C(C)(O)C3CC12.Cl. The lowest BCUT2D eigenvalue weighted by molar-refractivity contribution is -0.179. The van der Waals surface area contributed by atoms with Crippen molar-refractivity contribution in [2.45, 2.75) is 30.6 Å². The number of nitrogens with two attached hydrogens (primary N) is 1. The maximum atomic E-state index is 13.6. The summed E-state index contributed by atoms with van der Waals surface area (Å²) in [5.41, 5.74) is 0.199. The molecule has 10 nitrogen and oxygen atoms in total. The van der Waals surface area contributed by atoms with Gasteiger partial charge < -0.3 is 26.2 Å². The molecule has 1 aromatic carbocycles. The highest BCUT2D eigenvalue weighted by Crippen LogP contribution is 2.56. The van der Waals surface area contributed by atoms with Crippen LogP contribution >= 0.6 is 12.4 Å². The van der Waals surface area contributed by atoms with E-state index in [-0.39, 0.29) is 30.0 Å². The van der Waals surface area contributed by atoms with E-state index in [1.165, 1.54) is 44.1 Å². The first-order valence-electron chi connectivity index (χ1n) is 10.1. The molecule has 1 aromatic rings. The number of likely N-dealkylation sites (N-methyl/N-ethyl adjacent to an activating group) is 1. The number of amides is 1. The highest BCUT2D eigenvalue weighted by Gasteiger charge is 2.69. The molecule has 0 aliphatic heterocycles. The Hall–Kier alpha value is -2.79. The highest BCUT2D eigenvalue weighted by atomic mass is 35.5. The molecule has 11 heteroatoms. The number of ketones is 3. The van der Waals surface area contributed by atoms with E-state index in [1.54, 1.807) is 0 Å². The van der Waals surface area contributed by atoms with Gasteiger partial charge in [-0.25, -0.2) is 0 Å². The Labute approximate surface area is 195 Å². The van der Waals surface area contributed by atoms with Crippen LogP contribution in [0, 0.1) is 17.8 Å². The number of aliphatic hydroxyl groups is 3. The van der Waals surface area contributed by atoms with Gasteiger partial charge in [-0.05, 0) is 39.1 Å². The van der Waals surface area contributed by atoms with Crippen LogP contribution in [0.3, 0.4) is 0 Å². The van der Waals surface area contributed by atoms with Crippen molar-refractivity contribution >= 4 is 41.4 Å². The quantitative estimate of drug-likeness (QED) is 0.346. The van der Waals surface area contributed by atoms with E-state index in [0.29, 0.717) is 0 Å². The van der Waals surface area contributed by atoms with E-state index in [1.807, 2.05) is 0 Å². The van der Waals surface area contributed by atoms with Gasteiger partial charge in [-0.2, -0.15) is 0 Å².